The molecule has 2 fully saturated rings. The molecule has 33 heavy (non-hydrogen) atoms. The summed E-state index contributed by atoms with van der Waals surface area (Å²) in [6.07, 6.45) is 9.38. The monoisotopic (exact) mass is 447 g/mol. The molecule has 3 heterocycles. The van der Waals surface area contributed by atoms with Crippen molar-refractivity contribution in [3.8, 4) is 6.07 Å². The summed E-state index contributed by atoms with van der Waals surface area (Å²) in [5.74, 6) is 0.217. The highest BCUT2D eigenvalue weighted by Crippen LogP contribution is 2.23. The van der Waals surface area contributed by atoms with E-state index in [9.17, 15) is 9.59 Å². The lowest BCUT2D eigenvalue weighted by molar-refractivity contribution is -0.136. The lowest BCUT2D eigenvalue weighted by atomic mass is 10.0. The van der Waals surface area contributed by atoms with Gasteiger partial charge in [0.2, 0.25) is 11.8 Å². The molecule has 0 radical (unpaired) electrons. The van der Waals surface area contributed by atoms with Gasteiger partial charge < -0.3 is 14.4 Å². The predicted octanol–water partition coefficient (Wildman–Crippen LogP) is 3.11. The number of nitriles is 1. The SMILES string of the molecule is CC1CCCCN1C(=O)CN1CCN(C(=O)/C=C/c2cn(CCC#N)c3ccccc23)CC1. The van der Waals surface area contributed by atoms with E-state index in [0.29, 0.717) is 38.6 Å². The molecule has 0 bridgehead atoms. The Morgan fingerprint density at radius 1 is 1.12 bits per heavy atom. The highest BCUT2D eigenvalue weighted by Gasteiger charge is 2.27. The van der Waals surface area contributed by atoms with Crippen molar-refractivity contribution in [1.82, 2.24) is 19.3 Å². The molecule has 0 spiro atoms. The molecule has 0 aliphatic carbocycles. The van der Waals surface area contributed by atoms with E-state index in [2.05, 4.69) is 22.5 Å². The average molecular weight is 448 g/mol. The summed E-state index contributed by atoms with van der Waals surface area (Å²) < 4.78 is 2.07. The maximum absolute atomic E-state index is 12.8. The Morgan fingerprint density at radius 2 is 1.91 bits per heavy atom. The van der Waals surface area contributed by atoms with Crippen molar-refractivity contribution in [3.63, 3.8) is 0 Å². The van der Waals surface area contributed by atoms with Gasteiger partial charge in [0.1, 0.15) is 0 Å². The molecule has 7 heteroatoms. The topological polar surface area (TPSA) is 72.6 Å². The zero-order valence-electron chi connectivity index (χ0n) is 19.4. The zero-order valence-corrected chi connectivity index (χ0v) is 19.4. The second kappa shape index (κ2) is 10.7. The third kappa shape index (κ3) is 5.45. The molecule has 1 aromatic carbocycles. The van der Waals surface area contributed by atoms with Crippen LogP contribution < -0.4 is 0 Å². The van der Waals surface area contributed by atoms with Crippen molar-refractivity contribution in [1.29, 1.82) is 5.26 Å². The number of carbonyl (C=O) groups is 2. The standard InChI is InChI=1S/C26H33N5O2/c1-21-7-4-5-14-31(21)26(33)20-28-15-17-29(18-16-28)25(32)11-10-22-19-30(13-6-12-27)24-9-3-2-8-23(22)24/h2-3,8-11,19,21H,4-7,13-18,20H2,1H3/b11-10+. The van der Waals surface area contributed by atoms with Crippen molar-refractivity contribution in [2.45, 2.75) is 45.2 Å². The van der Waals surface area contributed by atoms with Crippen molar-refractivity contribution < 1.29 is 9.59 Å². The summed E-state index contributed by atoms with van der Waals surface area (Å²) >= 11 is 0. The Morgan fingerprint density at radius 3 is 2.67 bits per heavy atom. The van der Waals surface area contributed by atoms with Crippen LogP contribution in [0.25, 0.3) is 17.0 Å². The van der Waals surface area contributed by atoms with Crippen molar-refractivity contribution >= 4 is 28.8 Å². The summed E-state index contributed by atoms with van der Waals surface area (Å²) in [6.45, 7) is 6.81. The first kappa shape index (κ1) is 23.1. The number of aromatic nitrogens is 1. The quantitative estimate of drug-likeness (QED) is 0.638. The number of piperazine rings is 1. The molecule has 2 amide bonds. The first-order chi connectivity index (χ1) is 16.1. The minimum absolute atomic E-state index is 0.000477. The number of nitrogens with zero attached hydrogens (tertiary/aromatic N) is 5. The van der Waals surface area contributed by atoms with Crippen LogP contribution in [0.1, 0.15) is 38.2 Å². The Balaban J connectivity index is 1.32. The minimum atomic E-state index is -0.000477. The Hall–Kier alpha value is -3.11. The van der Waals surface area contributed by atoms with Gasteiger partial charge in [0.15, 0.2) is 0 Å². The second-order valence-corrected chi connectivity index (χ2v) is 9.07. The molecule has 2 aliphatic rings. The van der Waals surface area contributed by atoms with Gasteiger partial charge >= 0.3 is 0 Å². The number of para-hydroxylation sites is 1. The third-order valence-corrected chi connectivity index (χ3v) is 6.86. The largest absolute Gasteiger partial charge is 0.346 e. The number of piperidine rings is 1. The number of hydrogen-bond donors (Lipinski definition) is 0. The van der Waals surface area contributed by atoms with E-state index in [1.807, 2.05) is 46.3 Å². The fraction of sp³-hybridized carbons (Fsp3) is 0.500. The van der Waals surface area contributed by atoms with Gasteiger partial charge in [-0.25, -0.2) is 0 Å². The Bertz CT molecular complexity index is 1060. The van der Waals surface area contributed by atoms with E-state index < -0.39 is 0 Å². The van der Waals surface area contributed by atoms with Gasteiger partial charge in [0.25, 0.3) is 0 Å². The molecule has 0 N–H and O–H groups in total. The molecule has 4 rings (SSSR count). The molecule has 2 saturated heterocycles. The molecule has 7 nitrogen and oxygen atoms in total. The maximum atomic E-state index is 12.8. The van der Waals surface area contributed by atoms with Crippen LogP contribution in [0.2, 0.25) is 0 Å². The van der Waals surface area contributed by atoms with E-state index in [0.717, 1.165) is 48.9 Å². The summed E-state index contributed by atoms with van der Waals surface area (Å²) in [5, 5.41) is 10.00. The van der Waals surface area contributed by atoms with Crippen LogP contribution in [0.4, 0.5) is 0 Å². The average Bonchev–Trinajstić information content (AvgIpc) is 3.19. The number of benzene rings is 1. The van der Waals surface area contributed by atoms with Crippen LogP contribution >= 0.6 is 0 Å². The van der Waals surface area contributed by atoms with E-state index >= 15 is 0 Å². The minimum Gasteiger partial charge on any atom is -0.346 e. The maximum Gasteiger partial charge on any atom is 0.246 e. The molecule has 1 unspecified atom stereocenters. The van der Waals surface area contributed by atoms with Gasteiger partial charge in [-0.3, -0.25) is 14.5 Å². The fourth-order valence-corrected chi connectivity index (χ4v) is 4.91. The number of hydrogen-bond acceptors (Lipinski definition) is 4. The molecule has 0 saturated carbocycles. The number of amides is 2. The van der Waals surface area contributed by atoms with E-state index in [1.165, 1.54) is 6.42 Å². The highest BCUT2D eigenvalue weighted by molar-refractivity contribution is 5.96. The molecule has 2 aromatic rings. The molecule has 174 valence electrons. The lowest BCUT2D eigenvalue weighted by Gasteiger charge is -2.37. The van der Waals surface area contributed by atoms with Crippen LogP contribution in [0.5, 0.6) is 0 Å². The first-order valence-corrected chi connectivity index (χ1v) is 12.0. The van der Waals surface area contributed by atoms with Crippen molar-refractivity contribution in [2.75, 3.05) is 39.3 Å². The van der Waals surface area contributed by atoms with Crippen molar-refractivity contribution in [3.05, 3.63) is 42.1 Å². The van der Waals surface area contributed by atoms with Gasteiger partial charge in [-0.15, -0.1) is 0 Å². The second-order valence-electron chi connectivity index (χ2n) is 9.07. The van der Waals surface area contributed by atoms with E-state index in [4.69, 9.17) is 5.26 Å². The number of likely N-dealkylation sites (tertiary alicyclic amines) is 1. The molecule has 1 aromatic heterocycles. The summed E-state index contributed by atoms with van der Waals surface area (Å²) in [6, 6.07) is 10.6. The van der Waals surface area contributed by atoms with Gasteiger partial charge in [0.05, 0.1) is 19.0 Å². The number of carbonyl (C=O) groups excluding carboxylic acids is 2. The van der Waals surface area contributed by atoms with Crippen molar-refractivity contribution in [2.24, 2.45) is 0 Å². The molecule has 1 atom stereocenters. The van der Waals surface area contributed by atoms with E-state index in [-0.39, 0.29) is 11.8 Å². The zero-order chi connectivity index (χ0) is 23.2. The number of rotatable bonds is 6. The van der Waals surface area contributed by atoms with Crippen LogP contribution in [-0.4, -0.2) is 76.4 Å². The fourth-order valence-electron chi connectivity index (χ4n) is 4.91. The smallest absolute Gasteiger partial charge is 0.246 e. The van der Waals surface area contributed by atoms with Gasteiger partial charge in [-0.1, -0.05) is 18.2 Å². The lowest BCUT2D eigenvalue weighted by Crippen LogP contribution is -2.52. The number of aryl methyl sites for hydroxylation is 1. The van der Waals surface area contributed by atoms with Gasteiger partial charge in [-0.05, 0) is 38.3 Å². The number of fused-ring (bicyclic) bond motifs is 1. The summed E-state index contributed by atoms with van der Waals surface area (Å²) in [7, 11) is 0. The van der Waals surface area contributed by atoms with Crippen LogP contribution in [0, 0.1) is 11.3 Å². The Kier molecular flexibility index (Phi) is 7.46. The molecular weight excluding hydrogens is 414 g/mol. The van der Waals surface area contributed by atoms with Gasteiger partial charge in [0, 0.05) is 74.0 Å². The predicted molar refractivity (Wildman–Crippen MR) is 129 cm³/mol. The third-order valence-electron chi connectivity index (χ3n) is 6.86. The summed E-state index contributed by atoms with van der Waals surface area (Å²) in [5.41, 5.74) is 2.05. The van der Waals surface area contributed by atoms with Gasteiger partial charge in [-0.2, -0.15) is 5.26 Å². The molecular formula is C26H33N5O2. The highest BCUT2D eigenvalue weighted by atomic mass is 16.2. The van der Waals surface area contributed by atoms with Crippen LogP contribution in [0.3, 0.4) is 0 Å². The first-order valence-electron chi connectivity index (χ1n) is 12.0. The Labute approximate surface area is 195 Å². The van der Waals surface area contributed by atoms with Crippen LogP contribution in [0.15, 0.2) is 36.5 Å². The normalized spacial score (nSPS) is 19.8. The van der Waals surface area contributed by atoms with Crippen LogP contribution in [-0.2, 0) is 16.1 Å². The summed E-state index contributed by atoms with van der Waals surface area (Å²) in [4.78, 5) is 31.5. The van der Waals surface area contributed by atoms with E-state index in [1.54, 1.807) is 6.08 Å². The molecule has 2 aliphatic heterocycles.